The van der Waals surface area contributed by atoms with Gasteiger partial charge in [-0.15, -0.1) is 0 Å². The van der Waals surface area contributed by atoms with E-state index in [4.69, 9.17) is 17.2 Å². The van der Waals surface area contributed by atoms with E-state index in [1.165, 1.54) is 0 Å². The molecule has 5 unspecified atom stereocenters. The van der Waals surface area contributed by atoms with Gasteiger partial charge in [-0.25, -0.2) is 4.79 Å². The summed E-state index contributed by atoms with van der Waals surface area (Å²) in [6, 6.07) is 12.4. The average Bonchev–Trinajstić information content (AvgIpc) is 3.43. The summed E-state index contributed by atoms with van der Waals surface area (Å²) in [7, 11) is 0. The number of nitrogens with one attached hydrogen (secondary N) is 4. The van der Waals surface area contributed by atoms with Crippen molar-refractivity contribution >= 4 is 40.6 Å². The Labute approximate surface area is 262 Å². The number of nitrogens with zero attached hydrogens (tertiary/aromatic N) is 1. The number of amides is 3. The second-order valence-electron chi connectivity index (χ2n) is 11.1. The quantitative estimate of drug-likeness (QED) is 0.0613. The van der Waals surface area contributed by atoms with Gasteiger partial charge in [0.25, 0.3) is 0 Å². The van der Waals surface area contributed by atoms with E-state index < -0.39 is 47.9 Å². The van der Waals surface area contributed by atoms with Crippen molar-refractivity contribution in [1.29, 1.82) is 0 Å². The van der Waals surface area contributed by atoms with E-state index in [0.29, 0.717) is 12.8 Å². The van der Waals surface area contributed by atoms with E-state index in [0.717, 1.165) is 22.0 Å². The zero-order chi connectivity index (χ0) is 32.9. The van der Waals surface area contributed by atoms with Gasteiger partial charge in [-0.2, -0.15) is 0 Å². The van der Waals surface area contributed by atoms with Crippen LogP contribution in [0.1, 0.15) is 44.2 Å². The van der Waals surface area contributed by atoms with Gasteiger partial charge in [-0.1, -0.05) is 68.8 Å². The molecule has 11 N–H and O–H groups in total. The van der Waals surface area contributed by atoms with Gasteiger partial charge in [0.05, 0.1) is 6.04 Å². The second-order valence-corrected chi connectivity index (χ2v) is 11.1. The summed E-state index contributed by atoms with van der Waals surface area (Å²) in [4.78, 5) is 59.6. The summed E-state index contributed by atoms with van der Waals surface area (Å²) >= 11 is 0. The fraction of sp³-hybridized carbons (Fsp3) is 0.406. The molecule has 0 saturated carbocycles. The van der Waals surface area contributed by atoms with Gasteiger partial charge in [0.2, 0.25) is 17.7 Å². The molecule has 0 bridgehead atoms. The highest BCUT2D eigenvalue weighted by molar-refractivity contribution is 5.95. The van der Waals surface area contributed by atoms with Crippen molar-refractivity contribution in [2.75, 3.05) is 6.54 Å². The number of aliphatic carboxylic acids is 1. The Hall–Kier alpha value is -4.91. The molecule has 13 nitrogen and oxygen atoms in total. The highest BCUT2D eigenvalue weighted by Gasteiger charge is 2.32. The maximum atomic E-state index is 13.7. The molecule has 1 aromatic heterocycles. The molecule has 242 valence electrons. The number of hydrogen-bond acceptors (Lipinski definition) is 6. The van der Waals surface area contributed by atoms with Crippen LogP contribution in [0.25, 0.3) is 10.9 Å². The minimum atomic E-state index is -1.17. The number of carbonyl (C=O) groups excluding carboxylic acids is 3. The Morgan fingerprint density at radius 3 is 2.20 bits per heavy atom. The number of para-hydroxylation sites is 1. The number of H-pyrrole nitrogens is 1. The fourth-order valence-corrected chi connectivity index (χ4v) is 4.95. The zero-order valence-electron chi connectivity index (χ0n) is 25.7. The fourth-order valence-electron chi connectivity index (χ4n) is 4.95. The lowest BCUT2D eigenvalue weighted by Crippen LogP contribution is -2.58. The number of carboxylic acids is 1. The summed E-state index contributed by atoms with van der Waals surface area (Å²) in [6.45, 7) is 3.77. The summed E-state index contributed by atoms with van der Waals surface area (Å²) in [5, 5.41) is 18.7. The average molecular weight is 621 g/mol. The first-order chi connectivity index (χ1) is 21.5. The van der Waals surface area contributed by atoms with Crippen LogP contribution >= 0.6 is 0 Å². The highest BCUT2D eigenvalue weighted by Crippen LogP contribution is 2.20. The van der Waals surface area contributed by atoms with Crippen molar-refractivity contribution in [2.24, 2.45) is 28.1 Å². The van der Waals surface area contributed by atoms with Crippen molar-refractivity contribution in [2.45, 2.75) is 70.1 Å². The maximum Gasteiger partial charge on any atom is 0.326 e. The number of aliphatic imine (C=N–C) groups is 1. The van der Waals surface area contributed by atoms with Gasteiger partial charge in [0.15, 0.2) is 5.96 Å². The molecule has 0 aliphatic rings. The van der Waals surface area contributed by atoms with Crippen molar-refractivity contribution in [3.63, 3.8) is 0 Å². The van der Waals surface area contributed by atoms with Gasteiger partial charge in [0.1, 0.15) is 18.1 Å². The van der Waals surface area contributed by atoms with Crippen LogP contribution in [0.5, 0.6) is 0 Å². The minimum absolute atomic E-state index is 0.0661. The van der Waals surface area contributed by atoms with Crippen molar-refractivity contribution < 1.29 is 24.3 Å². The first-order valence-electron chi connectivity index (χ1n) is 15.0. The van der Waals surface area contributed by atoms with E-state index in [1.54, 1.807) is 13.1 Å². The molecule has 0 aliphatic heterocycles. The van der Waals surface area contributed by atoms with E-state index in [-0.39, 0.29) is 37.7 Å². The third kappa shape index (κ3) is 10.3. The Bertz CT molecular complexity index is 1470. The van der Waals surface area contributed by atoms with Crippen LogP contribution in [0, 0.1) is 5.92 Å². The molecule has 3 amide bonds. The lowest BCUT2D eigenvalue weighted by Gasteiger charge is -2.26. The monoisotopic (exact) mass is 620 g/mol. The van der Waals surface area contributed by atoms with Gasteiger partial charge in [-0.05, 0) is 42.4 Å². The first-order valence-corrected chi connectivity index (χ1v) is 15.0. The number of nitrogens with two attached hydrogens (primary N) is 3. The summed E-state index contributed by atoms with van der Waals surface area (Å²) in [6.07, 6.45) is 3.09. The number of carbonyl (C=O) groups is 4. The van der Waals surface area contributed by atoms with Gasteiger partial charge < -0.3 is 43.2 Å². The minimum Gasteiger partial charge on any atom is -0.480 e. The van der Waals surface area contributed by atoms with E-state index >= 15 is 0 Å². The number of carboxylic acid groups (broad SMARTS) is 1. The van der Waals surface area contributed by atoms with Crippen LogP contribution in [-0.4, -0.2) is 70.5 Å². The SMILES string of the molecule is CCC(C)C(NC(=O)C(Cc1c[nH]c2ccccc12)NC(=O)C(CCCN=C(N)N)NC(=O)C(N)Cc1ccccc1)C(=O)O. The summed E-state index contributed by atoms with van der Waals surface area (Å²) in [5.74, 6) is -3.46. The van der Waals surface area contributed by atoms with Crippen molar-refractivity contribution in [3.05, 3.63) is 71.9 Å². The standard InChI is InChI=1S/C32H44N8O5/c1-3-19(2)27(31(44)45)40-30(43)26(17-21-18-37-24-13-8-7-12-22(21)24)39-29(42)25(14-9-15-36-32(34)35)38-28(41)23(33)16-20-10-5-4-6-11-20/h4-8,10-13,18-19,23,25-27,37H,3,9,14-17,33H2,1-2H3,(H,38,41)(H,39,42)(H,40,43)(H,44,45)(H4,34,35,36). The molecule has 1 heterocycles. The van der Waals surface area contributed by atoms with Crippen LogP contribution in [0.4, 0.5) is 0 Å². The molecule has 3 rings (SSSR count). The topological polar surface area (TPSA) is 231 Å². The van der Waals surface area contributed by atoms with Gasteiger partial charge in [0, 0.05) is 30.1 Å². The first kappa shape index (κ1) is 34.6. The third-order valence-electron chi connectivity index (χ3n) is 7.72. The summed E-state index contributed by atoms with van der Waals surface area (Å²) < 4.78 is 0. The number of benzene rings is 2. The molecule has 45 heavy (non-hydrogen) atoms. The lowest BCUT2D eigenvalue weighted by molar-refractivity contribution is -0.143. The molecular formula is C32H44N8O5. The van der Waals surface area contributed by atoms with E-state index in [2.05, 4.69) is 25.9 Å². The largest absolute Gasteiger partial charge is 0.480 e. The Kier molecular flexibility index (Phi) is 12.9. The second kappa shape index (κ2) is 16.8. The van der Waals surface area contributed by atoms with Crippen LogP contribution in [0.2, 0.25) is 0 Å². The molecule has 0 spiro atoms. The smallest absolute Gasteiger partial charge is 0.326 e. The predicted molar refractivity (Wildman–Crippen MR) is 173 cm³/mol. The number of guanidine groups is 1. The van der Waals surface area contributed by atoms with E-state index in [1.807, 2.05) is 61.5 Å². The number of rotatable bonds is 17. The highest BCUT2D eigenvalue weighted by atomic mass is 16.4. The van der Waals surface area contributed by atoms with Crippen LogP contribution in [0.15, 0.2) is 65.8 Å². The van der Waals surface area contributed by atoms with Crippen molar-refractivity contribution in [3.8, 4) is 0 Å². The Morgan fingerprint density at radius 1 is 0.889 bits per heavy atom. The van der Waals surface area contributed by atoms with Crippen LogP contribution in [0.3, 0.4) is 0 Å². The Morgan fingerprint density at radius 2 is 1.53 bits per heavy atom. The normalized spacial score (nSPS) is 14.4. The maximum absolute atomic E-state index is 13.7. The number of aromatic nitrogens is 1. The molecule has 0 saturated heterocycles. The van der Waals surface area contributed by atoms with Crippen LogP contribution in [-0.2, 0) is 32.0 Å². The molecule has 2 aromatic carbocycles. The van der Waals surface area contributed by atoms with Gasteiger partial charge in [-0.3, -0.25) is 19.4 Å². The van der Waals surface area contributed by atoms with E-state index in [9.17, 15) is 24.3 Å². The predicted octanol–water partition coefficient (Wildman–Crippen LogP) is 0.919. The number of hydrogen-bond donors (Lipinski definition) is 8. The molecule has 0 fully saturated rings. The Balaban J connectivity index is 1.85. The molecule has 0 radical (unpaired) electrons. The van der Waals surface area contributed by atoms with Crippen LogP contribution < -0.4 is 33.2 Å². The molecule has 0 aliphatic carbocycles. The molecule has 13 heteroatoms. The number of fused-ring (bicyclic) bond motifs is 1. The zero-order valence-corrected chi connectivity index (χ0v) is 25.7. The van der Waals surface area contributed by atoms with Gasteiger partial charge >= 0.3 is 5.97 Å². The summed E-state index contributed by atoms with van der Waals surface area (Å²) in [5.41, 5.74) is 19.5. The lowest BCUT2D eigenvalue weighted by atomic mass is 9.97. The van der Waals surface area contributed by atoms with Crippen molar-refractivity contribution in [1.82, 2.24) is 20.9 Å². The molecule has 5 atom stereocenters. The third-order valence-corrected chi connectivity index (χ3v) is 7.72. The molecule has 3 aromatic rings. The number of aromatic amines is 1. The molecular weight excluding hydrogens is 576 g/mol.